The summed E-state index contributed by atoms with van der Waals surface area (Å²) < 4.78 is 15.2. The van der Waals surface area contributed by atoms with Gasteiger partial charge in [-0.15, -0.1) is 0 Å². The Labute approximate surface area is 149 Å². The van der Waals surface area contributed by atoms with Crippen LogP contribution in [0.1, 0.15) is 58.3 Å². The van der Waals surface area contributed by atoms with E-state index in [0.29, 0.717) is 23.7 Å². The van der Waals surface area contributed by atoms with Gasteiger partial charge in [-0.3, -0.25) is 0 Å². The Morgan fingerprint density at radius 2 is 1.96 bits per heavy atom. The van der Waals surface area contributed by atoms with Gasteiger partial charge in [0.25, 0.3) is 0 Å². The molecule has 0 N–H and O–H groups in total. The van der Waals surface area contributed by atoms with E-state index in [4.69, 9.17) is 19.2 Å². The third kappa shape index (κ3) is 2.10. The molecule has 138 valence electrons. The van der Waals surface area contributed by atoms with Crippen molar-refractivity contribution in [1.82, 2.24) is 4.57 Å². The van der Waals surface area contributed by atoms with E-state index in [2.05, 4.69) is 43.8 Å². The fourth-order valence-electron chi connectivity index (χ4n) is 6.01. The molecule has 6 rings (SSSR count). The predicted molar refractivity (Wildman–Crippen MR) is 91.2 cm³/mol. The zero-order valence-electron chi connectivity index (χ0n) is 15.6. The molecule has 0 radical (unpaired) electrons. The van der Waals surface area contributed by atoms with Crippen molar-refractivity contribution < 1.29 is 19.2 Å². The first-order valence-corrected chi connectivity index (χ1v) is 9.76. The molecule has 8 atom stereocenters. The average molecular weight is 347 g/mol. The van der Waals surface area contributed by atoms with Crippen LogP contribution in [0.5, 0.6) is 0 Å². The molecule has 5 fully saturated rings. The number of hydrogen-bond donors (Lipinski definition) is 0. The molecule has 1 aromatic rings. The lowest BCUT2D eigenvalue weighted by molar-refractivity contribution is -0.571. The molecule has 4 aliphatic heterocycles. The fraction of sp³-hybridized carbons (Fsp3) is 0.800. The van der Waals surface area contributed by atoms with Gasteiger partial charge in [0.05, 0.1) is 0 Å². The van der Waals surface area contributed by atoms with Crippen LogP contribution < -0.4 is 0 Å². The Kier molecular flexibility index (Phi) is 3.47. The Balaban J connectivity index is 1.60. The van der Waals surface area contributed by atoms with Crippen molar-refractivity contribution >= 4 is 0 Å². The van der Waals surface area contributed by atoms with Crippen LogP contribution in [-0.2, 0) is 26.3 Å². The molecule has 5 heteroatoms. The molecule has 2 bridgehead atoms. The summed E-state index contributed by atoms with van der Waals surface area (Å²) in [5.41, 5.74) is 0.752. The van der Waals surface area contributed by atoms with Gasteiger partial charge in [-0.05, 0) is 56.1 Å². The molecule has 1 saturated carbocycles. The standard InChI is InChI=1S/C20H29NO4/c1-12-7-8-15-13(2)17(16-6-5-11-21(16)4)22-18-20(15)14(12)9-10-19(3,23-18)24-25-20/h5-6,11-15,17-18H,7-10H2,1-4H3/t12-,13-,14+,15+,17-,18-,19?,20-/m1/s1. The molecule has 5 heterocycles. The number of rotatable bonds is 1. The van der Waals surface area contributed by atoms with Gasteiger partial charge in [0.1, 0.15) is 6.10 Å². The Morgan fingerprint density at radius 3 is 2.72 bits per heavy atom. The molecule has 5 aliphatic rings. The van der Waals surface area contributed by atoms with E-state index >= 15 is 0 Å². The van der Waals surface area contributed by atoms with E-state index in [0.717, 1.165) is 19.3 Å². The quantitative estimate of drug-likeness (QED) is 0.722. The van der Waals surface area contributed by atoms with Gasteiger partial charge in [0.2, 0.25) is 5.79 Å². The van der Waals surface area contributed by atoms with Crippen molar-refractivity contribution in [2.75, 3.05) is 0 Å². The van der Waals surface area contributed by atoms with Crippen LogP contribution in [0.3, 0.4) is 0 Å². The van der Waals surface area contributed by atoms with E-state index in [9.17, 15) is 0 Å². The minimum Gasteiger partial charge on any atom is -0.352 e. The Hall–Kier alpha value is -0.880. The number of hydrogen-bond acceptors (Lipinski definition) is 4. The Bertz CT molecular complexity index is 674. The molecule has 4 saturated heterocycles. The summed E-state index contributed by atoms with van der Waals surface area (Å²) in [5.74, 6) is 1.08. The van der Waals surface area contributed by atoms with Crippen molar-refractivity contribution in [3.63, 3.8) is 0 Å². The van der Waals surface area contributed by atoms with Gasteiger partial charge in [-0.1, -0.05) is 13.8 Å². The normalized spacial score (nSPS) is 51.8. The summed E-state index contributed by atoms with van der Waals surface area (Å²) in [5, 5.41) is 0. The molecule has 0 amide bonds. The second kappa shape index (κ2) is 5.32. The van der Waals surface area contributed by atoms with Crippen molar-refractivity contribution in [2.45, 2.75) is 70.2 Å². The van der Waals surface area contributed by atoms with Crippen LogP contribution in [0.15, 0.2) is 18.3 Å². The van der Waals surface area contributed by atoms with E-state index in [-0.39, 0.29) is 12.4 Å². The first-order chi connectivity index (χ1) is 11.9. The van der Waals surface area contributed by atoms with Crippen LogP contribution >= 0.6 is 0 Å². The summed E-state index contributed by atoms with van der Waals surface area (Å²) in [6.45, 7) is 6.64. The van der Waals surface area contributed by atoms with E-state index in [1.165, 1.54) is 12.1 Å². The molecule has 1 spiro atoms. The van der Waals surface area contributed by atoms with Crippen LogP contribution in [0.4, 0.5) is 0 Å². The van der Waals surface area contributed by atoms with Crippen LogP contribution in [0.25, 0.3) is 0 Å². The van der Waals surface area contributed by atoms with Crippen LogP contribution in [0, 0.1) is 23.7 Å². The second-order valence-corrected chi connectivity index (χ2v) is 8.87. The summed E-state index contributed by atoms with van der Waals surface area (Å²) >= 11 is 0. The van der Waals surface area contributed by atoms with Gasteiger partial charge >= 0.3 is 0 Å². The van der Waals surface area contributed by atoms with E-state index in [1.807, 2.05) is 6.92 Å². The molecule has 1 unspecified atom stereocenters. The zero-order valence-corrected chi connectivity index (χ0v) is 15.6. The first-order valence-electron chi connectivity index (χ1n) is 9.76. The molecule has 1 aliphatic carbocycles. The van der Waals surface area contributed by atoms with E-state index < -0.39 is 11.4 Å². The summed E-state index contributed by atoms with van der Waals surface area (Å²) in [7, 11) is 2.09. The maximum Gasteiger partial charge on any atom is 0.201 e. The maximum atomic E-state index is 6.63. The molecule has 1 aromatic heterocycles. The lowest BCUT2D eigenvalue weighted by Gasteiger charge is -2.60. The highest BCUT2D eigenvalue weighted by atomic mass is 17.3. The third-order valence-electron chi connectivity index (χ3n) is 7.43. The molecule has 5 nitrogen and oxygen atoms in total. The number of fused-ring (bicyclic) bond motifs is 2. The molecule has 25 heavy (non-hydrogen) atoms. The first kappa shape index (κ1) is 16.3. The van der Waals surface area contributed by atoms with Gasteiger partial charge in [0, 0.05) is 31.3 Å². The van der Waals surface area contributed by atoms with Crippen molar-refractivity contribution in [2.24, 2.45) is 30.7 Å². The van der Waals surface area contributed by atoms with Crippen molar-refractivity contribution in [1.29, 1.82) is 0 Å². The highest BCUT2D eigenvalue weighted by Crippen LogP contribution is 2.62. The minimum atomic E-state index is -0.698. The highest BCUT2D eigenvalue weighted by Gasteiger charge is 2.69. The number of nitrogens with zero attached hydrogens (tertiary/aromatic N) is 1. The number of ether oxygens (including phenoxy) is 2. The summed E-state index contributed by atoms with van der Waals surface area (Å²) in [6, 6.07) is 4.25. The molecular weight excluding hydrogens is 318 g/mol. The maximum absolute atomic E-state index is 6.63. The topological polar surface area (TPSA) is 41.9 Å². The zero-order chi connectivity index (χ0) is 17.4. The monoisotopic (exact) mass is 347 g/mol. The average Bonchev–Trinajstić information content (AvgIpc) is 2.87. The van der Waals surface area contributed by atoms with Gasteiger partial charge in [0.15, 0.2) is 11.9 Å². The Morgan fingerprint density at radius 1 is 1.12 bits per heavy atom. The summed E-state index contributed by atoms with van der Waals surface area (Å²) in [4.78, 5) is 12.1. The van der Waals surface area contributed by atoms with Gasteiger partial charge in [-0.25, -0.2) is 9.78 Å². The van der Waals surface area contributed by atoms with Crippen LogP contribution in [-0.4, -0.2) is 22.2 Å². The fourth-order valence-corrected chi connectivity index (χ4v) is 6.01. The number of aryl methyl sites for hydroxylation is 1. The third-order valence-corrected chi connectivity index (χ3v) is 7.43. The summed E-state index contributed by atoms with van der Waals surface area (Å²) in [6.07, 6.45) is 6.08. The van der Waals surface area contributed by atoms with Crippen LogP contribution in [0.2, 0.25) is 0 Å². The minimum absolute atomic E-state index is 0.0289. The predicted octanol–water partition coefficient (Wildman–Crippen LogP) is 3.95. The lowest BCUT2D eigenvalue weighted by atomic mass is 9.57. The molecular formula is C20H29NO4. The largest absolute Gasteiger partial charge is 0.352 e. The van der Waals surface area contributed by atoms with Gasteiger partial charge in [-0.2, -0.15) is 0 Å². The van der Waals surface area contributed by atoms with E-state index in [1.54, 1.807) is 0 Å². The van der Waals surface area contributed by atoms with Crippen molar-refractivity contribution in [3.05, 3.63) is 24.0 Å². The molecule has 0 aromatic carbocycles. The van der Waals surface area contributed by atoms with Gasteiger partial charge < -0.3 is 14.0 Å². The lowest BCUT2D eigenvalue weighted by Crippen LogP contribution is -2.69. The second-order valence-electron chi connectivity index (χ2n) is 8.87. The smallest absolute Gasteiger partial charge is 0.201 e. The SMILES string of the molecule is C[C@H]1[C@H](c2cccn2C)O[C@@H]2OC3(C)CC[C@H]4[C@H](C)CC[C@@H]1[C@@]24OO3. The van der Waals surface area contributed by atoms with Crippen molar-refractivity contribution in [3.8, 4) is 0 Å². The highest BCUT2D eigenvalue weighted by molar-refractivity contribution is 5.17. The number of aromatic nitrogens is 1.